The topological polar surface area (TPSA) is 21.3 Å². The summed E-state index contributed by atoms with van der Waals surface area (Å²) in [7, 11) is 1.62. The van der Waals surface area contributed by atoms with Gasteiger partial charge in [0.25, 0.3) is 0 Å². The van der Waals surface area contributed by atoms with Crippen molar-refractivity contribution in [3.05, 3.63) is 35.4 Å². The highest BCUT2D eigenvalue weighted by Crippen LogP contribution is 2.33. The summed E-state index contributed by atoms with van der Waals surface area (Å²) in [5, 5.41) is 3.26. The largest absolute Gasteiger partial charge is 0.416 e. The molecular weight excluding hydrogens is 243 g/mol. The van der Waals surface area contributed by atoms with Crippen LogP contribution in [0.25, 0.3) is 0 Å². The molecule has 0 spiro atoms. The molecule has 1 aliphatic rings. The van der Waals surface area contributed by atoms with Crippen LogP contribution >= 0.6 is 0 Å². The van der Waals surface area contributed by atoms with E-state index in [1.807, 2.05) is 0 Å². The first-order valence-electron chi connectivity index (χ1n) is 5.90. The maximum Gasteiger partial charge on any atom is 0.416 e. The summed E-state index contributed by atoms with van der Waals surface area (Å²) in [6, 6.07) is 5.83. The van der Waals surface area contributed by atoms with Gasteiger partial charge in [0.1, 0.15) is 0 Å². The number of rotatable bonds is 3. The highest BCUT2D eigenvalue weighted by molar-refractivity contribution is 5.29. The number of halogens is 3. The summed E-state index contributed by atoms with van der Waals surface area (Å²) in [5.74, 6) is 0.132. The lowest BCUT2D eigenvalue weighted by atomic mass is 9.95. The van der Waals surface area contributed by atoms with Crippen LogP contribution in [0.15, 0.2) is 24.3 Å². The van der Waals surface area contributed by atoms with E-state index in [0.717, 1.165) is 18.1 Å². The smallest absolute Gasteiger partial charge is 0.383 e. The van der Waals surface area contributed by atoms with Crippen molar-refractivity contribution < 1.29 is 17.9 Å². The molecule has 2 unspecified atom stereocenters. The molecule has 1 heterocycles. The molecule has 0 saturated carbocycles. The van der Waals surface area contributed by atoms with E-state index in [1.54, 1.807) is 13.2 Å². The summed E-state index contributed by atoms with van der Waals surface area (Å²) in [6.07, 6.45) is -3.46. The Bertz CT molecular complexity index is 405. The van der Waals surface area contributed by atoms with Crippen LogP contribution in [0.2, 0.25) is 0 Å². The van der Waals surface area contributed by atoms with Crippen LogP contribution in [0.5, 0.6) is 0 Å². The molecule has 1 aliphatic heterocycles. The van der Waals surface area contributed by atoms with Crippen LogP contribution < -0.4 is 5.32 Å². The van der Waals surface area contributed by atoms with Crippen LogP contribution in [0.1, 0.15) is 23.5 Å². The second kappa shape index (κ2) is 5.28. The second-order valence-electron chi connectivity index (χ2n) is 4.62. The number of benzene rings is 1. The van der Waals surface area contributed by atoms with E-state index in [1.165, 1.54) is 12.1 Å². The number of alkyl halides is 3. The van der Waals surface area contributed by atoms with E-state index in [4.69, 9.17) is 4.74 Å². The molecule has 5 heteroatoms. The molecule has 1 N–H and O–H groups in total. The molecule has 0 amide bonds. The van der Waals surface area contributed by atoms with E-state index < -0.39 is 11.7 Å². The third-order valence-corrected chi connectivity index (χ3v) is 3.28. The van der Waals surface area contributed by atoms with E-state index >= 15 is 0 Å². The Labute approximate surface area is 104 Å². The van der Waals surface area contributed by atoms with Gasteiger partial charge >= 0.3 is 6.18 Å². The second-order valence-corrected chi connectivity index (χ2v) is 4.62. The maximum atomic E-state index is 12.6. The minimum absolute atomic E-state index is 0.132. The highest BCUT2D eigenvalue weighted by Gasteiger charge is 2.32. The predicted octanol–water partition coefficient (Wildman–Crippen LogP) is 2.80. The lowest BCUT2D eigenvalue weighted by Crippen LogP contribution is -2.25. The van der Waals surface area contributed by atoms with Gasteiger partial charge in [0.05, 0.1) is 12.2 Å². The first-order chi connectivity index (χ1) is 8.50. The van der Waals surface area contributed by atoms with Gasteiger partial charge in [-0.05, 0) is 24.0 Å². The molecule has 1 aromatic rings. The van der Waals surface area contributed by atoms with Crippen molar-refractivity contribution in [3.8, 4) is 0 Å². The SMILES string of the molecule is COCC1CC(c2cccc(C(F)(F)F)c2)CN1. The fourth-order valence-corrected chi connectivity index (χ4v) is 2.37. The van der Waals surface area contributed by atoms with Crippen LogP contribution in [0.3, 0.4) is 0 Å². The van der Waals surface area contributed by atoms with Crippen molar-refractivity contribution in [2.45, 2.75) is 24.6 Å². The average Bonchev–Trinajstić information content (AvgIpc) is 2.77. The molecule has 2 rings (SSSR count). The molecule has 0 radical (unpaired) electrons. The average molecular weight is 259 g/mol. The van der Waals surface area contributed by atoms with Crippen molar-refractivity contribution in [2.75, 3.05) is 20.3 Å². The molecule has 1 fully saturated rings. The summed E-state index contributed by atoms with van der Waals surface area (Å²) in [4.78, 5) is 0. The number of methoxy groups -OCH3 is 1. The van der Waals surface area contributed by atoms with Gasteiger partial charge in [-0.15, -0.1) is 0 Å². The van der Waals surface area contributed by atoms with Gasteiger partial charge < -0.3 is 10.1 Å². The molecule has 18 heavy (non-hydrogen) atoms. The normalized spacial score (nSPS) is 24.4. The van der Waals surface area contributed by atoms with E-state index in [2.05, 4.69) is 5.32 Å². The van der Waals surface area contributed by atoms with Crippen molar-refractivity contribution >= 4 is 0 Å². The molecular formula is C13H16F3NO. The van der Waals surface area contributed by atoms with Crippen LogP contribution in [0, 0.1) is 0 Å². The first kappa shape index (κ1) is 13.4. The standard InChI is InChI=1S/C13H16F3NO/c1-18-8-12-6-10(7-17-12)9-3-2-4-11(5-9)13(14,15)16/h2-5,10,12,17H,6-8H2,1H3. The third-order valence-electron chi connectivity index (χ3n) is 3.28. The lowest BCUT2D eigenvalue weighted by Gasteiger charge is -2.13. The molecule has 0 bridgehead atoms. The van der Waals surface area contributed by atoms with Crippen LogP contribution in [-0.4, -0.2) is 26.3 Å². The Morgan fingerprint density at radius 1 is 1.39 bits per heavy atom. The van der Waals surface area contributed by atoms with Gasteiger partial charge in [0.15, 0.2) is 0 Å². The van der Waals surface area contributed by atoms with Crippen molar-refractivity contribution in [3.63, 3.8) is 0 Å². The Hall–Kier alpha value is -1.07. The summed E-state index contributed by atoms with van der Waals surface area (Å²) in [6.45, 7) is 1.30. The van der Waals surface area contributed by atoms with Crippen LogP contribution in [0.4, 0.5) is 13.2 Å². The fraction of sp³-hybridized carbons (Fsp3) is 0.538. The zero-order valence-electron chi connectivity index (χ0n) is 10.1. The Kier molecular flexibility index (Phi) is 3.92. The minimum atomic E-state index is -4.27. The van der Waals surface area contributed by atoms with Gasteiger partial charge in [-0.1, -0.05) is 18.2 Å². The van der Waals surface area contributed by atoms with Crippen LogP contribution in [-0.2, 0) is 10.9 Å². The monoisotopic (exact) mass is 259 g/mol. The van der Waals surface area contributed by atoms with Gasteiger partial charge in [-0.25, -0.2) is 0 Å². The van der Waals surface area contributed by atoms with E-state index in [-0.39, 0.29) is 12.0 Å². The number of ether oxygens (including phenoxy) is 1. The summed E-state index contributed by atoms with van der Waals surface area (Å²) in [5.41, 5.74) is 0.172. The molecule has 2 nitrogen and oxygen atoms in total. The predicted molar refractivity (Wildman–Crippen MR) is 62.5 cm³/mol. The first-order valence-corrected chi connectivity index (χ1v) is 5.90. The lowest BCUT2D eigenvalue weighted by molar-refractivity contribution is -0.137. The summed E-state index contributed by atoms with van der Waals surface area (Å²) >= 11 is 0. The molecule has 100 valence electrons. The third kappa shape index (κ3) is 3.03. The van der Waals surface area contributed by atoms with Crippen molar-refractivity contribution in [2.24, 2.45) is 0 Å². The highest BCUT2D eigenvalue weighted by atomic mass is 19.4. The van der Waals surface area contributed by atoms with Gasteiger partial charge in [0.2, 0.25) is 0 Å². The molecule has 1 aromatic carbocycles. The quantitative estimate of drug-likeness (QED) is 0.901. The minimum Gasteiger partial charge on any atom is -0.383 e. The Morgan fingerprint density at radius 2 is 2.17 bits per heavy atom. The number of hydrogen-bond donors (Lipinski definition) is 1. The van der Waals surface area contributed by atoms with Crippen molar-refractivity contribution in [1.29, 1.82) is 0 Å². The van der Waals surface area contributed by atoms with E-state index in [9.17, 15) is 13.2 Å². The zero-order chi connectivity index (χ0) is 13.2. The van der Waals surface area contributed by atoms with E-state index in [0.29, 0.717) is 13.2 Å². The molecule has 0 aromatic heterocycles. The maximum absolute atomic E-state index is 12.6. The molecule has 2 atom stereocenters. The van der Waals surface area contributed by atoms with Crippen molar-refractivity contribution in [1.82, 2.24) is 5.32 Å². The Balaban J connectivity index is 2.10. The molecule has 0 aliphatic carbocycles. The number of nitrogens with one attached hydrogen (secondary N) is 1. The van der Waals surface area contributed by atoms with Gasteiger partial charge in [-0.3, -0.25) is 0 Å². The fourth-order valence-electron chi connectivity index (χ4n) is 2.37. The Morgan fingerprint density at radius 3 is 2.83 bits per heavy atom. The van der Waals surface area contributed by atoms with Gasteiger partial charge in [0, 0.05) is 19.7 Å². The summed E-state index contributed by atoms with van der Waals surface area (Å²) < 4.78 is 42.9. The van der Waals surface area contributed by atoms with Gasteiger partial charge in [-0.2, -0.15) is 13.2 Å². The molecule has 1 saturated heterocycles. The zero-order valence-corrected chi connectivity index (χ0v) is 10.1. The number of hydrogen-bond acceptors (Lipinski definition) is 2.